The smallest absolute Gasteiger partial charge is 0.221 e. The van der Waals surface area contributed by atoms with E-state index in [1.807, 2.05) is 0 Å². The van der Waals surface area contributed by atoms with E-state index < -0.39 is 0 Å². The van der Waals surface area contributed by atoms with Crippen LogP contribution in [0, 0.1) is 5.92 Å². The molecule has 1 aliphatic heterocycles. The van der Waals surface area contributed by atoms with Crippen LogP contribution in [0.3, 0.4) is 0 Å². The SMILES string of the molecule is CNC(=O)CCN1CC2CCC1C2. The van der Waals surface area contributed by atoms with E-state index in [0.29, 0.717) is 6.42 Å². The second-order valence-electron chi connectivity index (χ2n) is 4.25. The van der Waals surface area contributed by atoms with Gasteiger partial charge in [0.2, 0.25) is 5.91 Å². The summed E-state index contributed by atoms with van der Waals surface area (Å²) in [6.07, 6.45) is 4.83. The normalized spacial score (nSPS) is 32.4. The van der Waals surface area contributed by atoms with E-state index in [9.17, 15) is 4.79 Å². The highest BCUT2D eigenvalue weighted by Crippen LogP contribution is 2.37. The number of rotatable bonds is 3. The Morgan fingerprint density at radius 3 is 2.92 bits per heavy atom. The minimum atomic E-state index is 0.169. The van der Waals surface area contributed by atoms with E-state index in [4.69, 9.17) is 0 Å². The summed E-state index contributed by atoms with van der Waals surface area (Å²) in [5.41, 5.74) is 0. The fourth-order valence-corrected chi connectivity index (χ4v) is 2.67. The first-order chi connectivity index (χ1) is 6.29. The standard InChI is InChI=1S/C10H18N2O/c1-11-10(13)4-5-12-7-8-2-3-9(12)6-8/h8-9H,2-7H2,1H3,(H,11,13). The fourth-order valence-electron chi connectivity index (χ4n) is 2.67. The number of carbonyl (C=O) groups is 1. The van der Waals surface area contributed by atoms with Crippen LogP contribution < -0.4 is 5.32 Å². The summed E-state index contributed by atoms with van der Waals surface area (Å²) >= 11 is 0. The van der Waals surface area contributed by atoms with Crippen molar-refractivity contribution in [2.24, 2.45) is 5.92 Å². The molecule has 1 N–H and O–H groups in total. The molecule has 13 heavy (non-hydrogen) atoms. The average molecular weight is 182 g/mol. The first-order valence-electron chi connectivity index (χ1n) is 5.24. The summed E-state index contributed by atoms with van der Waals surface area (Å²) in [7, 11) is 1.71. The highest BCUT2D eigenvalue weighted by molar-refractivity contribution is 5.75. The van der Waals surface area contributed by atoms with Crippen LogP contribution in [0.15, 0.2) is 0 Å². The van der Waals surface area contributed by atoms with Crippen LogP contribution in [0.2, 0.25) is 0 Å². The van der Waals surface area contributed by atoms with Gasteiger partial charge in [-0.05, 0) is 25.2 Å². The predicted octanol–water partition coefficient (Wildman–Crippen LogP) is 0.607. The number of carbonyl (C=O) groups excluding carboxylic acids is 1. The maximum absolute atomic E-state index is 11.0. The molecule has 74 valence electrons. The van der Waals surface area contributed by atoms with E-state index in [-0.39, 0.29) is 5.91 Å². The quantitative estimate of drug-likeness (QED) is 0.693. The molecular weight excluding hydrogens is 164 g/mol. The number of piperidine rings is 1. The van der Waals surface area contributed by atoms with Crippen LogP contribution >= 0.6 is 0 Å². The third-order valence-corrected chi connectivity index (χ3v) is 3.43. The van der Waals surface area contributed by atoms with Gasteiger partial charge in [0, 0.05) is 32.6 Å². The number of nitrogens with one attached hydrogen (secondary N) is 1. The first kappa shape index (κ1) is 9.00. The Morgan fingerprint density at radius 2 is 2.38 bits per heavy atom. The molecule has 2 rings (SSSR count). The van der Waals surface area contributed by atoms with Gasteiger partial charge in [-0.25, -0.2) is 0 Å². The molecule has 2 unspecified atom stereocenters. The zero-order valence-electron chi connectivity index (χ0n) is 8.25. The first-order valence-corrected chi connectivity index (χ1v) is 5.24. The van der Waals surface area contributed by atoms with Gasteiger partial charge in [0.05, 0.1) is 0 Å². The van der Waals surface area contributed by atoms with E-state index in [2.05, 4.69) is 10.2 Å². The van der Waals surface area contributed by atoms with Crippen molar-refractivity contribution in [1.29, 1.82) is 0 Å². The van der Waals surface area contributed by atoms with Gasteiger partial charge in [-0.3, -0.25) is 9.69 Å². The molecule has 1 amide bonds. The third-order valence-electron chi connectivity index (χ3n) is 3.43. The Hall–Kier alpha value is -0.570. The van der Waals surface area contributed by atoms with Gasteiger partial charge in [0.15, 0.2) is 0 Å². The second kappa shape index (κ2) is 3.66. The van der Waals surface area contributed by atoms with Crippen LogP contribution in [0.4, 0.5) is 0 Å². The molecule has 2 bridgehead atoms. The predicted molar refractivity (Wildman–Crippen MR) is 51.4 cm³/mol. The monoisotopic (exact) mass is 182 g/mol. The van der Waals surface area contributed by atoms with Gasteiger partial charge in [-0.2, -0.15) is 0 Å². The molecule has 2 atom stereocenters. The van der Waals surface area contributed by atoms with Crippen molar-refractivity contribution in [3.05, 3.63) is 0 Å². The lowest BCUT2D eigenvalue weighted by Crippen LogP contribution is -2.35. The van der Waals surface area contributed by atoms with Crippen molar-refractivity contribution < 1.29 is 4.79 Å². The van der Waals surface area contributed by atoms with Gasteiger partial charge >= 0.3 is 0 Å². The molecule has 2 fully saturated rings. The Bertz CT molecular complexity index is 205. The topological polar surface area (TPSA) is 32.3 Å². The number of likely N-dealkylation sites (tertiary alicyclic amines) is 1. The summed E-state index contributed by atoms with van der Waals surface area (Å²) in [4.78, 5) is 13.5. The van der Waals surface area contributed by atoms with Gasteiger partial charge in [-0.15, -0.1) is 0 Å². The highest BCUT2D eigenvalue weighted by Gasteiger charge is 2.37. The maximum atomic E-state index is 11.0. The van der Waals surface area contributed by atoms with Crippen LogP contribution in [-0.4, -0.2) is 37.0 Å². The molecule has 0 aromatic heterocycles. The molecular formula is C10H18N2O. The Balaban J connectivity index is 1.74. The second-order valence-corrected chi connectivity index (χ2v) is 4.25. The summed E-state index contributed by atoms with van der Waals surface area (Å²) in [6.45, 7) is 2.20. The van der Waals surface area contributed by atoms with E-state index in [1.54, 1.807) is 7.05 Å². The van der Waals surface area contributed by atoms with Crippen LogP contribution in [0.25, 0.3) is 0 Å². The minimum absolute atomic E-state index is 0.169. The minimum Gasteiger partial charge on any atom is -0.359 e. The Morgan fingerprint density at radius 1 is 1.54 bits per heavy atom. The van der Waals surface area contributed by atoms with Crippen LogP contribution in [0.5, 0.6) is 0 Å². The molecule has 0 aromatic rings. The lowest BCUT2D eigenvalue weighted by atomic mass is 10.1. The molecule has 0 spiro atoms. The lowest BCUT2D eigenvalue weighted by Gasteiger charge is -2.26. The molecule has 0 aromatic carbocycles. The van der Waals surface area contributed by atoms with Crippen molar-refractivity contribution in [3.63, 3.8) is 0 Å². The van der Waals surface area contributed by atoms with Crippen molar-refractivity contribution in [2.75, 3.05) is 20.1 Å². The third kappa shape index (κ3) is 1.85. The molecule has 1 saturated heterocycles. The molecule has 3 heteroatoms. The number of amides is 1. The highest BCUT2D eigenvalue weighted by atomic mass is 16.1. The van der Waals surface area contributed by atoms with Crippen molar-refractivity contribution in [3.8, 4) is 0 Å². The molecule has 1 heterocycles. The van der Waals surface area contributed by atoms with E-state index in [1.165, 1.54) is 25.8 Å². The number of hydrogen-bond acceptors (Lipinski definition) is 2. The Kier molecular flexibility index (Phi) is 2.54. The summed E-state index contributed by atoms with van der Waals surface area (Å²) in [6, 6.07) is 0.801. The average Bonchev–Trinajstić information content (AvgIpc) is 2.74. The van der Waals surface area contributed by atoms with Crippen LogP contribution in [0.1, 0.15) is 25.7 Å². The van der Waals surface area contributed by atoms with Crippen LogP contribution in [-0.2, 0) is 4.79 Å². The van der Waals surface area contributed by atoms with E-state index in [0.717, 1.165) is 18.5 Å². The summed E-state index contributed by atoms with van der Waals surface area (Å²) in [5, 5.41) is 2.67. The largest absolute Gasteiger partial charge is 0.359 e. The Labute approximate surface area is 79.5 Å². The number of hydrogen-bond donors (Lipinski definition) is 1. The van der Waals surface area contributed by atoms with Gasteiger partial charge in [0.25, 0.3) is 0 Å². The van der Waals surface area contributed by atoms with Crippen molar-refractivity contribution in [2.45, 2.75) is 31.7 Å². The zero-order chi connectivity index (χ0) is 9.26. The lowest BCUT2D eigenvalue weighted by molar-refractivity contribution is -0.121. The zero-order valence-corrected chi connectivity index (χ0v) is 8.25. The molecule has 3 nitrogen and oxygen atoms in total. The van der Waals surface area contributed by atoms with Gasteiger partial charge in [-0.1, -0.05) is 0 Å². The molecule has 0 radical (unpaired) electrons. The summed E-state index contributed by atoms with van der Waals surface area (Å²) < 4.78 is 0. The maximum Gasteiger partial charge on any atom is 0.221 e. The summed E-state index contributed by atoms with van der Waals surface area (Å²) in [5.74, 6) is 1.11. The fraction of sp³-hybridized carbons (Fsp3) is 0.900. The van der Waals surface area contributed by atoms with Crippen molar-refractivity contribution >= 4 is 5.91 Å². The number of fused-ring (bicyclic) bond motifs is 2. The van der Waals surface area contributed by atoms with Gasteiger partial charge < -0.3 is 5.32 Å². The molecule has 1 aliphatic carbocycles. The molecule has 1 saturated carbocycles. The molecule has 2 aliphatic rings. The van der Waals surface area contributed by atoms with E-state index >= 15 is 0 Å². The van der Waals surface area contributed by atoms with Crippen molar-refractivity contribution in [1.82, 2.24) is 10.2 Å². The number of nitrogens with zero attached hydrogens (tertiary/aromatic N) is 1. The van der Waals surface area contributed by atoms with Gasteiger partial charge in [0.1, 0.15) is 0 Å².